The maximum absolute atomic E-state index is 14.6. The molecule has 5 rings (SSSR count). The molecule has 2 amide bonds. The van der Waals surface area contributed by atoms with Crippen LogP contribution >= 0.6 is 11.6 Å². The second-order valence-corrected chi connectivity index (χ2v) is 13.6. The summed E-state index contributed by atoms with van der Waals surface area (Å²) in [7, 11) is 0. The van der Waals surface area contributed by atoms with Crippen LogP contribution in [-0.4, -0.2) is 117 Å². The molecular formula is C35H52ClFN8O3. The summed E-state index contributed by atoms with van der Waals surface area (Å²) in [5.41, 5.74) is 14.9. The molecule has 0 spiro atoms. The first-order valence-corrected chi connectivity index (χ1v) is 17.8. The topological polar surface area (TPSA) is 141 Å². The number of amides is 2. The number of halogens is 2. The van der Waals surface area contributed by atoms with Crippen LogP contribution in [0.3, 0.4) is 0 Å². The average Bonchev–Trinajstić information content (AvgIpc) is 3.57. The van der Waals surface area contributed by atoms with Gasteiger partial charge in [-0.05, 0) is 87.5 Å². The Morgan fingerprint density at radius 3 is 2.60 bits per heavy atom. The number of nitrogens with two attached hydrogens (primary N) is 2. The Bertz CT molecular complexity index is 1370. The van der Waals surface area contributed by atoms with Crippen molar-refractivity contribution >= 4 is 29.1 Å². The third kappa shape index (κ3) is 9.58. The predicted octanol–water partition coefficient (Wildman–Crippen LogP) is 2.02. The molecule has 0 aliphatic carbocycles. The molecule has 3 aliphatic rings. The van der Waals surface area contributed by atoms with Gasteiger partial charge in [-0.15, -0.1) is 0 Å². The molecule has 7 N–H and O–H groups in total. The Hall–Kier alpha value is -3.00. The quantitative estimate of drug-likeness (QED) is 0.202. The lowest BCUT2D eigenvalue weighted by Gasteiger charge is -2.39. The summed E-state index contributed by atoms with van der Waals surface area (Å²) in [6.07, 6.45) is 3.29. The normalized spacial score (nSPS) is 21.6. The molecule has 48 heavy (non-hydrogen) atoms. The van der Waals surface area contributed by atoms with E-state index in [2.05, 4.69) is 25.8 Å². The van der Waals surface area contributed by atoms with Crippen molar-refractivity contribution in [1.29, 1.82) is 0 Å². The molecule has 264 valence electrons. The van der Waals surface area contributed by atoms with Crippen molar-refractivity contribution in [2.45, 2.75) is 57.3 Å². The lowest BCUT2D eigenvalue weighted by atomic mass is 9.88. The van der Waals surface area contributed by atoms with E-state index in [1.165, 1.54) is 6.07 Å². The van der Waals surface area contributed by atoms with Gasteiger partial charge in [-0.3, -0.25) is 14.5 Å². The molecule has 0 bridgehead atoms. The maximum atomic E-state index is 14.6. The van der Waals surface area contributed by atoms with Crippen LogP contribution in [0.15, 0.2) is 36.4 Å². The number of likely N-dealkylation sites (tertiary alicyclic amines) is 1. The van der Waals surface area contributed by atoms with Gasteiger partial charge >= 0.3 is 0 Å². The minimum absolute atomic E-state index is 0.0122. The monoisotopic (exact) mass is 686 g/mol. The van der Waals surface area contributed by atoms with E-state index in [1.54, 1.807) is 12.1 Å². The van der Waals surface area contributed by atoms with Crippen LogP contribution in [0.2, 0.25) is 5.02 Å². The number of carbonyl (C=O) groups is 2. The lowest BCUT2D eigenvalue weighted by Crippen LogP contribution is -2.55. The highest BCUT2D eigenvalue weighted by atomic mass is 35.5. The van der Waals surface area contributed by atoms with Crippen molar-refractivity contribution in [2.24, 2.45) is 17.4 Å². The number of anilines is 1. The second-order valence-electron chi connectivity index (χ2n) is 13.1. The van der Waals surface area contributed by atoms with E-state index in [0.717, 1.165) is 50.1 Å². The molecule has 3 atom stereocenters. The van der Waals surface area contributed by atoms with Gasteiger partial charge in [0, 0.05) is 81.2 Å². The molecule has 2 aromatic carbocycles. The SMILES string of the molecule is CCOc1cccc(F)c1CN1CCN(C(=O)[C@H](N)C2CCN(CCc3cc(Cl)ccc3N[C@H]3CN[C@H](C(=O)NCCN)C3)CC2)CC1. The smallest absolute Gasteiger partial charge is 0.239 e. The number of ether oxygens (including phenoxy) is 1. The van der Waals surface area contributed by atoms with Gasteiger partial charge in [-0.1, -0.05) is 17.7 Å². The zero-order valence-corrected chi connectivity index (χ0v) is 28.8. The highest BCUT2D eigenvalue weighted by Crippen LogP contribution is 2.27. The van der Waals surface area contributed by atoms with Crippen LogP contribution in [0.4, 0.5) is 10.1 Å². The van der Waals surface area contributed by atoms with Crippen LogP contribution in [0.25, 0.3) is 0 Å². The van der Waals surface area contributed by atoms with Gasteiger partial charge in [0.1, 0.15) is 11.6 Å². The minimum atomic E-state index is -0.514. The fourth-order valence-corrected chi connectivity index (χ4v) is 7.25. The first-order chi connectivity index (χ1) is 23.2. The summed E-state index contributed by atoms with van der Waals surface area (Å²) in [4.78, 5) is 32.2. The van der Waals surface area contributed by atoms with Crippen LogP contribution in [-0.2, 0) is 22.6 Å². The van der Waals surface area contributed by atoms with E-state index in [1.807, 2.05) is 30.0 Å². The summed E-state index contributed by atoms with van der Waals surface area (Å²) in [5, 5.41) is 10.5. The van der Waals surface area contributed by atoms with E-state index in [0.29, 0.717) is 81.7 Å². The van der Waals surface area contributed by atoms with Crippen molar-refractivity contribution in [3.63, 3.8) is 0 Å². The third-order valence-corrected chi connectivity index (χ3v) is 10.1. The number of rotatable bonds is 14. The van der Waals surface area contributed by atoms with E-state index in [9.17, 15) is 14.0 Å². The summed E-state index contributed by atoms with van der Waals surface area (Å²) in [5.74, 6) is 0.465. The molecule has 0 unspecified atom stereocenters. The lowest BCUT2D eigenvalue weighted by molar-refractivity contribution is -0.136. The Morgan fingerprint density at radius 2 is 1.88 bits per heavy atom. The fourth-order valence-electron chi connectivity index (χ4n) is 7.05. The number of nitrogens with zero attached hydrogens (tertiary/aromatic N) is 3. The highest BCUT2D eigenvalue weighted by molar-refractivity contribution is 6.30. The molecule has 13 heteroatoms. The summed E-state index contributed by atoms with van der Waals surface area (Å²) >= 11 is 6.39. The molecule has 11 nitrogen and oxygen atoms in total. The number of piperidine rings is 1. The van der Waals surface area contributed by atoms with Gasteiger partial charge < -0.3 is 42.0 Å². The third-order valence-electron chi connectivity index (χ3n) is 9.88. The van der Waals surface area contributed by atoms with Crippen LogP contribution in [0.1, 0.15) is 37.3 Å². The van der Waals surface area contributed by atoms with Crippen LogP contribution in [0.5, 0.6) is 5.75 Å². The first kappa shape index (κ1) is 36.3. The standard InChI is InChI=1S/C35H52ClFN8O3/c1-2-48-32-5-3-4-29(37)28(32)23-44-16-18-45(19-17-44)35(47)33(39)24-8-13-43(14-9-24)15-10-25-20-26(36)6-7-30(25)42-27-21-31(41-22-27)34(46)40-12-11-38/h3-7,20,24,27,31,33,41-42H,2,8-19,21-23,38-39H2,1H3,(H,40,46)/t27-,31+,33-/m1/s1. The van der Waals surface area contributed by atoms with Crippen LogP contribution < -0.4 is 32.2 Å². The second kappa shape index (κ2) is 17.6. The van der Waals surface area contributed by atoms with Gasteiger partial charge in [0.15, 0.2) is 0 Å². The zero-order valence-electron chi connectivity index (χ0n) is 28.1. The van der Waals surface area contributed by atoms with Crippen molar-refractivity contribution in [3.8, 4) is 5.75 Å². The van der Waals surface area contributed by atoms with E-state index in [4.69, 9.17) is 27.8 Å². The minimum Gasteiger partial charge on any atom is -0.493 e. The molecule has 2 aromatic rings. The highest BCUT2D eigenvalue weighted by Gasteiger charge is 2.33. The molecule has 3 heterocycles. The Balaban J connectivity index is 1.05. The molecule has 0 saturated carbocycles. The van der Waals surface area contributed by atoms with Gasteiger partial charge in [0.2, 0.25) is 11.8 Å². The molecule has 3 saturated heterocycles. The van der Waals surface area contributed by atoms with E-state index >= 15 is 0 Å². The molecule has 3 aliphatic heterocycles. The van der Waals surface area contributed by atoms with Gasteiger partial charge in [-0.2, -0.15) is 0 Å². The summed E-state index contributed by atoms with van der Waals surface area (Å²) < 4.78 is 20.2. The average molecular weight is 687 g/mol. The molecule has 0 radical (unpaired) electrons. The number of hydrogen-bond donors (Lipinski definition) is 5. The van der Waals surface area contributed by atoms with Gasteiger partial charge in [0.05, 0.1) is 18.7 Å². The van der Waals surface area contributed by atoms with Crippen molar-refractivity contribution < 1.29 is 18.7 Å². The number of piperazine rings is 1. The van der Waals surface area contributed by atoms with Crippen molar-refractivity contribution in [2.75, 3.05) is 77.4 Å². The number of nitrogens with one attached hydrogen (secondary N) is 3. The molecule has 3 fully saturated rings. The Morgan fingerprint density at radius 1 is 1.10 bits per heavy atom. The Kier molecular flexibility index (Phi) is 13.3. The number of carbonyl (C=O) groups excluding carboxylic acids is 2. The van der Waals surface area contributed by atoms with Crippen molar-refractivity contribution in [3.05, 3.63) is 58.4 Å². The first-order valence-electron chi connectivity index (χ1n) is 17.4. The number of benzene rings is 2. The van der Waals surface area contributed by atoms with Crippen molar-refractivity contribution in [1.82, 2.24) is 25.3 Å². The fraction of sp³-hybridized carbons (Fsp3) is 0.600. The van der Waals surface area contributed by atoms with E-state index < -0.39 is 6.04 Å². The Labute approximate surface area is 288 Å². The number of hydrogen-bond acceptors (Lipinski definition) is 9. The van der Waals surface area contributed by atoms with Crippen LogP contribution in [0, 0.1) is 11.7 Å². The van der Waals surface area contributed by atoms with E-state index in [-0.39, 0.29) is 35.6 Å². The maximum Gasteiger partial charge on any atom is 0.239 e. The summed E-state index contributed by atoms with van der Waals surface area (Å²) in [6.45, 7) is 9.58. The summed E-state index contributed by atoms with van der Waals surface area (Å²) in [6, 6.07) is 10.3. The van der Waals surface area contributed by atoms with Gasteiger partial charge in [0.25, 0.3) is 0 Å². The zero-order chi connectivity index (χ0) is 34.0. The largest absolute Gasteiger partial charge is 0.493 e. The predicted molar refractivity (Wildman–Crippen MR) is 188 cm³/mol. The molecular weight excluding hydrogens is 635 g/mol. The molecule has 0 aromatic heterocycles. The van der Waals surface area contributed by atoms with Gasteiger partial charge in [-0.25, -0.2) is 4.39 Å².